The highest BCUT2D eigenvalue weighted by Gasteiger charge is 2.22. The monoisotopic (exact) mass is 564 g/mol. The number of aliphatic imine (C=N–C) groups is 1. The van der Waals surface area contributed by atoms with Crippen LogP contribution < -0.4 is 10.6 Å². The highest BCUT2D eigenvalue weighted by atomic mass is 127. The van der Waals surface area contributed by atoms with E-state index in [1.807, 2.05) is 50.2 Å². The first kappa shape index (κ1) is 26.7. The Morgan fingerprint density at radius 3 is 2.33 bits per heavy atom. The molecule has 0 unspecified atom stereocenters. The number of guanidine groups is 1. The molecule has 0 aliphatic rings. The van der Waals surface area contributed by atoms with E-state index in [-0.39, 0.29) is 30.0 Å². The van der Waals surface area contributed by atoms with Gasteiger partial charge < -0.3 is 10.6 Å². The molecular weight excluding hydrogens is 535 g/mol. The van der Waals surface area contributed by atoms with E-state index in [9.17, 15) is 8.42 Å². The van der Waals surface area contributed by atoms with Gasteiger partial charge in [0.15, 0.2) is 5.96 Å². The van der Waals surface area contributed by atoms with Crippen molar-refractivity contribution in [3.05, 3.63) is 64.7 Å². The summed E-state index contributed by atoms with van der Waals surface area (Å²) >= 11 is 6.01. The van der Waals surface area contributed by atoms with Gasteiger partial charge in [0.05, 0.1) is 4.90 Å². The fourth-order valence-electron chi connectivity index (χ4n) is 2.65. The number of hydrogen-bond donors (Lipinski definition) is 2. The van der Waals surface area contributed by atoms with Crippen LogP contribution in [-0.2, 0) is 23.0 Å². The van der Waals surface area contributed by atoms with Crippen molar-refractivity contribution in [1.29, 1.82) is 0 Å². The summed E-state index contributed by atoms with van der Waals surface area (Å²) in [5, 5.41) is 7.23. The van der Waals surface area contributed by atoms with E-state index in [0.29, 0.717) is 17.4 Å². The van der Waals surface area contributed by atoms with Crippen LogP contribution in [0.1, 0.15) is 25.0 Å². The maximum absolute atomic E-state index is 12.5. The van der Waals surface area contributed by atoms with Gasteiger partial charge >= 0.3 is 0 Å². The second-order valence-electron chi connectivity index (χ2n) is 6.99. The van der Waals surface area contributed by atoms with E-state index in [0.717, 1.165) is 29.1 Å². The summed E-state index contributed by atoms with van der Waals surface area (Å²) in [7, 11) is -0.159. The smallest absolute Gasteiger partial charge is 0.243 e. The Kier molecular flexibility index (Phi) is 11.1. The lowest BCUT2D eigenvalue weighted by atomic mass is 10.1. The molecule has 0 atom stereocenters. The minimum absolute atomic E-state index is 0. The van der Waals surface area contributed by atoms with Crippen LogP contribution in [0.4, 0.5) is 0 Å². The van der Waals surface area contributed by atoms with Crippen LogP contribution in [0.15, 0.2) is 58.4 Å². The molecule has 166 valence electrons. The minimum Gasteiger partial charge on any atom is -0.356 e. The van der Waals surface area contributed by atoms with Gasteiger partial charge in [-0.15, -0.1) is 24.0 Å². The van der Waals surface area contributed by atoms with Crippen LogP contribution in [0.5, 0.6) is 0 Å². The van der Waals surface area contributed by atoms with Crippen molar-refractivity contribution in [3.8, 4) is 0 Å². The maximum Gasteiger partial charge on any atom is 0.243 e. The van der Waals surface area contributed by atoms with Crippen LogP contribution in [0, 0.1) is 0 Å². The molecule has 2 aromatic rings. The van der Waals surface area contributed by atoms with Gasteiger partial charge in [-0.3, -0.25) is 4.99 Å². The first-order valence-corrected chi connectivity index (χ1v) is 11.3. The summed E-state index contributed by atoms with van der Waals surface area (Å²) < 4.78 is 26.4. The molecule has 0 aliphatic carbocycles. The molecule has 0 saturated heterocycles. The van der Waals surface area contributed by atoms with E-state index in [1.54, 1.807) is 26.2 Å². The Labute approximate surface area is 202 Å². The Morgan fingerprint density at radius 1 is 1.10 bits per heavy atom. The molecule has 2 aromatic carbocycles. The third kappa shape index (κ3) is 7.72. The van der Waals surface area contributed by atoms with Crippen LogP contribution in [-0.4, -0.2) is 45.4 Å². The molecule has 0 heterocycles. The predicted octanol–water partition coefficient (Wildman–Crippen LogP) is 3.89. The zero-order chi connectivity index (χ0) is 21.4. The number of benzene rings is 2. The van der Waals surface area contributed by atoms with Crippen molar-refractivity contribution in [2.24, 2.45) is 4.99 Å². The molecule has 30 heavy (non-hydrogen) atoms. The highest BCUT2D eigenvalue weighted by Crippen LogP contribution is 2.17. The molecule has 0 aromatic heterocycles. The van der Waals surface area contributed by atoms with Crippen molar-refractivity contribution in [2.45, 2.75) is 37.8 Å². The van der Waals surface area contributed by atoms with E-state index in [4.69, 9.17) is 11.6 Å². The normalized spacial score (nSPS) is 12.0. The van der Waals surface area contributed by atoms with Gasteiger partial charge in [-0.2, -0.15) is 4.31 Å². The second kappa shape index (κ2) is 12.5. The number of nitrogens with one attached hydrogen (secondary N) is 2. The van der Waals surface area contributed by atoms with E-state index in [1.165, 1.54) is 4.31 Å². The van der Waals surface area contributed by atoms with Crippen LogP contribution in [0.3, 0.4) is 0 Å². The van der Waals surface area contributed by atoms with E-state index in [2.05, 4.69) is 15.6 Å². The van der Waals surface area contributed by atoms with Gasteiger partial charge in [0.2, 0.25) is 10.0 Å². The number of hydrogen-bond acceptors (Lipinski definition) is 3. The summed E-state index contributed by atoms with van der Waals surface area (Å²) in [6.45, 7) is 4.96. The molecule has 0 bridgehead atoms. The molecule has 6 nitrogen and oxygen atoms in total. The van der Waals surface area contributed by atoms with Crippen molar-refractivity contribution in [3.63, 3.8) is 0 Å². The summed E-state index contributed by atoms with van der Waals surface area (Å²) in [5.74, 6) is 0.684. The number of halogens is 2. The molecule has 0 aliphatic heterocycles. The average Bonchev–Trinajstić information content (AvgIpc) is 2.70. The van der Waals surface area contributed by atoms with Gasteiger partial charge in [0, 0.05) is 38.2 Å². The zero-order valence-corrected chi connectivity index (χ0v) is 21.6. The number of sulfonamides is 1. The van der Waals surface area contributed by atoms with Gasteiger partial charge in [0.1, 0.15) is 0 Å². The second-order valence-corrected chi connectivity index (χ2v) is 9.43. The first-order chi connectivity index (χ1) is 13.7. The van der Waals surface area contributed by atoms with Crippen molar-refractivity contribution in [1.82, 2.24) is 14.9 Å². The molecule has 0 saturated carbocycles. The van der Waals surface area contributed by atoms with Gasteiger partial charge in [-0.1, -0.05) is 35.9 Å². The number of nitrogens with zero attached hydrogens (tertiary/aromatic N) is 2. The quantitative estimate of drug-likeness (QED) is 0.290. The molecular formula is C21H30ClIN4O2S. The summed E-state index contributed by atoms with van der Waals surface area (Å²) in [6, 6.07) is 14.6. The lowest BCUT2D eigenvalue weighted by molar-refractivity contribution is 0.410. The topological polar surface area (TPSA) is 73.8 Å². The van der Waals surface area contributed by atoms with E-state index < -0.39 is 10.0 Å². The van der Waals surface area contributed by atoms with Gasteiger partial charge in [-0.05, 0) is 55.7 Å². The van der Waals surface area contributed by atoms with Crippen molar-refractivity contribution < 1.29 is 8.42 Å². The fraction of sp³-hybridized carbons (Fsp3) is 0.381. The minimum atomic E-state index is -3.46. The maximum atomic E-state index is 12.5. The molecule has 0 fully saturated rings. The van der Waals surface area contributed by atoms with E-state index >= 15 is 0 Å². The highest BCUT2D eigenvalue weighted by molar-refractivity contribution is 14.0. The number of rotatable bonds is 8. The van der Waals surface area contributed by atoms with Gasteiger partial charge in [0.25, 0.3) is 0 Å². The van der Waals surface area contributed by atoms with Crippen LogP contribution >= 0.6 is 35.6 Å². The summed E-state index contributed by atoms with van der Waals surface area (Å²) in [6.07, 6.45) is 0.831. The van der Waals surface area contributed by atoms with Gasteiger partial charge in [-0.25, -0.2) is 8.42 Å². The average molecular weight is 565 g/mol. The van der Waals surface area contributed by atoms with Crippen molar-refractivity contribution in [2.75, 3.05) is 20.6 Å². The third-order valence-corrected chi connectivity index (χ3v) is 6.89. The Hall–Kier alpha value is -1.36. The zero-order valence-electron chi connectivity index (χ0n) is 17.7. The Bertz CT molecular complexity index is 934. The summed E-state index contributed by atoms with van der Waals surface area (Å²) in [5.41, 5.74) is 2.12. The van der Waals surface area contributed by atoms with Crippen LogP contribution in [0.2, 0.25) is 5.02 Å². The Balaban J connectivity index is 0.00000450. The van der Waals surface area contributed by atoms with Crippen LogP contribution in [0.25, 0.3) is 0 Å². The molecule has 0 amide bonds. The standard InChI is InChI=1S/C21H29ClN4O2S.HI/c1-16(2)26(4)29(27,28)20-10-8-18(9-11-20)15-25-21(23-3)24-13-12-17-6-5-7-19(22)14-17;/h5-11,14,16H,12-13,15H2,1-4H3,(H2,23,24,25);1H. The predicted molar refractivity (Wildman–Crippen MR) is 135 cm³/mol. The molecule has 2 rings (SSSR count). The fourth-order valence-corrected chi connectivity index (χ4v) is 4.23. The lowest BCUT2D eigenvalue weighted by Crippen LogP contribution is -2.37. The molecule has 2 N–H and O–H groups in total. The first-order valence-electron chi connectivity index (χ1n) is 9.50. The lowest BCUT2D eigenvalue weighted by Gasteiger charge is -2.21. The molecule has 0 radical (unpaired) electrons. The molecule has 9 heteroatoms. The Morgan fingerprint density at radius 2 is 1.77 bits per heavy atom. The third-order valence-electron chi connectivity index (χ3n) is 4.61. The summed E-state index contributed by atoms with van der Waals surface area (Å²) in [4.78, 5) is 4.51. The SMILES string of the molecule is CN=C(NCCc1cccc(Cl)c1)NCc1ccc(S(=O)(=O)N(C)C(C)C)cc1.I. The van der Waals surface area contributed by atoms with Crippen molar-refractivity contribution >= 4 is 51.6 Å². The molecule has 0 spiro atoms. The largest absolute Gasteiger partial charge is 0.356 e.